The van der Waals surface area contributed by atoms with Gasteiger partial charge in [0.2, 0.25) is 0 Å². The summed E-state index contributed by atoms with van der Waals surface area (Å²) in [6, 6.07) is 0. The van der Waals surface area contributed by atoms with Crippen molar-refractivity contribution in [3.8, 4) is 0 Å². The van der Waals surface area contributed by atoms with Crippen LogP contribution in [0.15, 0.2) is 4.99 Å². The van der Waals surface area contributed by atoms with E-state index in [2.05, 4.69) is 36.6 Å². The molecule has 160 valence electrons. The molecule has 0 atom stereocenters. The predicted molar refractivity (Wildman–Crippen MR) is 123 cm³/mol. The number of likely N-dealkylation sites (N-methyl/N-ethyl adjacent to an activating group) is 1. The smallest absolute Gasteiger partial charge is 0.191 e. The van der Waals surface area contributed by atoms with Crippen LogP contribution < -0.4 is 10.6 Å². The van der Waals surface area contributed by atoms with Crippen LogP contribution in [0.2, 0.25) is 0 Å². The molecular formula is C20H41IN4O2. The van der Waals surface area contributed by atoms with Crippen molar-refractivity contribution in [1.29, 1.82) is 0 Å². The maximum Gasteiger partial charge on any atom is 0.191 e. The molecule has 1 heterocycles. The first-order valence-corrected chi connectivity index (χ1v) is 10.4. The number of nitrogens with zero attached hydrogens (tertiary/aromatic N) is 2. The van der Waals surface area contributed by atoms with E-state index in [-0.39, 0.29) is 41.5 Å². The van der Waals surface area contributed by atoms with E-state index in [1.165, 1.54) is 32.1 Å². The van der Waals surface area contributed by atoms with Crippen LogP contribution in [0.25, 0.3) is 0 Å². The lowest BCUT2D eigenvalue weighted by Gasteiger charge is -2.43. The number of nitrogens with one attached hydrogen (secondary N) is 2. The third-order valence-electron chi connectivity index (χ3n) is 6.43. The number of aliphatic imine (C=N–C) groups is 1. The Labute approximate surface area is 182 Å². The van der Waals surface area contributed by atoms with Gasteiger partial charge in [-0.3, -0.25) is 4.99 Å². The number of rotatable bonds is 8. The van der Waals surface area contributed by atoms with Crippen molar-refractivity contribution in [2.75, 3.05) is 53.6 Å². The van der Waals surface area contributed by atoms with Crippen molar-refractivity contribution in [3.05, 3.63) is 0 Å². The number of halogens is 1. The van der Waals surface area contributed by atoms with Crippen LogP contribution in [0, 0.1) is 5.41 Å². The van der Waals surface area contributed by atoms with Gasteiger partial charge in [-0.2, -0.15) is 0 Å². The van der Waals surface area contributed by atoms with Gasteiger partial charge in [-0.1, -0.05) is 19.3 Å². The lowest BCUT2D eigenvalue weighted by Crippen LogP contribution is -2.57. The second-order valence-corrected chi connectivity index (χ2v) is 8.31. The van der Waals surface area contributed by atoms with Gasteiger partial charge in [0.05, 0.1) is 0 Å². The predicted octanol–water partition coefficient (Wildman–Crippen LogP) is 2.60. The van der Waals surface area contributed by atoms with Gasteiger partial charge in [0.25, 0.3) is 0 Å². The summed E-state index contributed by atoms with van der Waals surface area (Å²) < 4.78 is 5.57. The van der Waals surface area contributed by atoms with Crippen LogP contribution in [0.1, 0.15) is 58.3 Å². The fourth-order valence-corrected chi connectivity index (χ4v) is 4.40. The minimum Gasteiger partial charge on any atom is -0.396 e. The molecule has 0 aromatic rings. The fraction of sp³-hybridized carbons (Fsp3) is 0.950. The number of guanidine groups is 1. The molecule has 1 saturated heterocycles. The first kappa shape index (κ1) is 24.9. The summed E-state index contributed by atoms with van der Waals surface area (Å²) in [6.45, 7) is 6.57. The van der Waals surface area contributed by atoms with Gasteiger partial charge < -0.3 is 25.4 Å². The molecular weight excluding hydrogens is 455 g/mol. The Morgan fingerprint density at radius 3 is 2.30 bits per heavy atom. The van der Waals surface area contributed by atoms with Gasteiger partial charge >= 0.3 is 0 Å². The highest BCUT2D eigenvalue weighted by molar-refractivity contribution is 14.0. The van der Waals surface area contributed by atoms with Gasteiger partial charge in [-0.15, -0.1) is 24.0 Å². The van der Waals surface area contributed by atoms with E-state index in [4.69, 9.17) is 9.73 Å². The van der Waals surface area contributed by atoms with Gasteiger partial charge in [0.1, 0.15) is 0 Å². The minimum atomic E-state index is 0. The molecule has 2 aliphatic rings. The van der Waals surface area contributed by atoms with Crippen molar-refractivity contribution >= 4 is 29.9 Å². The largest absolute Gasteiger partial charge is 0.396 e. The third-order valence-corrected chi connectivity index (χ3v) is 6.43. The summed E-state index contributed by atoms with van der Waals surface area (Å²) in [5.41, 5.74) is 0.315. The second-order valence-electron chi connectivity index (χ2n) is 8.31. The van der Waals surface area contributed by atoms with Crippen LogP contribution in [-0.4, -0.2) is 75.1 Å². The van der Waals surface area contributed by atoms with Gasteiger partial charge in [0, 0.05) is 45.0 Å². The normalized spacial score (nSPS) is 22.2. The molecule has 7 heteroatoms. The molecule has 6 nitrogen and oxygen atoms in total. The molecule has 27 heavy (non-hydrogen) atoms. The summed E-state index contributed by atoms with van der Waals surface area (Å²) in [6.07, 6.45) is 9.19. The van der Waals surface area contributed by atoms with Crippen molar-refractivity contribution in [1.82, 2.24) is 15.5 Å². The minimum absolute atomic E-state index is 0. The number of ether oxygens (including phenoxy) is 1. The number of hydrogen-bond donors (Lipinski definition) is 3. The van der Waals surface area contributed by atoms with E-state index in [0.717, 1.165) is 58.1 Å². The molecule has 0 spiro atoms. The molecule has 0 radical (unpaired) electrons. The van der Waals surface area contributed by atoms with E-state index < -0.39 is 0 Å². The molecule has 0 aromatic carbocycles. The van der Waals surface area contributed by atoms with Crippen LogP contribution in [0.3, 0.4) is 0 Å². The zero-order valence-corrected chi connectivity index (χ0v) is 19.9. The van der Waals surface area contributed by atoms with Crippen LogP contribution in [0.4, 0.5) is 0 Å². The summed E-state index contributed by atoms with van der Waals surface area (Å²) >= 11 is 0. The highest BCUT2D eigenvalue weighted by atomic mass is 127. The topological polar surface area (TPSA) is 69.1 Å². The molecule has 1 aliphatic heterocycles. The van der Waals surface area contributed by atoms with Crippen molar-refractivity contribution in [2.45, 2.75) is 63.8 Å². The molecule has 2 rings (SSSR count). The molecule has 3 N–H and O–H groups in total. The molecule has 0 bridgehead atoms. The Hall–Kier alpha value is -0.120. The van der Waals surface area contributed by atoms with Gasteiger partial charge in [0.15, 0.2) is 5.96 Å². The van der Waals surface area contributed by atoms with E-state index in [1.807, 2.05) is 0 Å². The van der Waals surface area contributed by atoms with Crippen LogP contribution in [-0.2, 0) is 4.74 Å². The fourth-order valence-electron chi connectivity index (χ4n) is 4.40. The van der Waals surface area contributed by atoms with E-state index in [9.17, 15) is 5.11 Å². The summed E-state index contributed by atoms with van der Waals surface area (Å²) in [5, 5.41) is 16.5. The summed E-state index contributed by atoms with van der Waals surface area (Å²) in [4.78, 5) is 7.27. The molecule has 1 saturated carbocycles. The number of hydrogen-bond acceptors (Lipinski definition) is 4. The van der Waals surface area contributed by atoms with E-state index >= 15 is 0 Å². The maximum atomic E-state index is 9.52. The summed E-state index contributed by atoms with van der Waals surface area (Å²) in [7, 11) is 4.32. The Kier molecular flexibility index (Phi) is 11.5. The lowest BCUT2D eigenvalue weighted by atomic mass is 9.72. The Morgan fingerprint density at radius 1 is 1.07 bits per heavy atom. The average molecular weight is 496 g/mol. The van der Waals surface area contributed by atoms with Crippen molar-refractivity contribution < 1.29 is 9.84 Å². The van der Waals surface area contributed by atoms with Crippen molar-refractivity contribution in [2.24, 2.45) is 10.4 Å². The Bertz CT molecular complexity index is 428. The second kappa shape index (κ2) is 12.4. The first-order chi connectivity index (χ1) is 12.6. The van der Waals surface area contributed by atoms with E-state index in [0.29, 0.717) is 0 Å². The Balaban J connectivity index is 0.00000364. The van der Waals surface area contributed by atoms with Crippen molar-refractivity contribution in [3.63, 3.8) is 0 Å². The molecule has 1 aliphatic carbocycles. The molecule has 2 fully saturated rings. The highest BCUT2D eigenvalue weighted by Crippen LogP contribution is 2.39. The number of aliphatic hydroxyl groups excluding tert-OH is 1. The van der Waals surface area contributed by atoms with E-state index in [1.54, 1.807) is 0 Å². The molecule has 0 amide bonds. The van der Waals surface area contributed by atoms with Gasteiger partial charge in [-0.25, -0.2) is 0 Å². The zero-order chi connectivity index (χ0) is 18.9. The first-order valence-electron chi connectivity index (χ1n) is 10.4. The average Bonchev–Trinajstić information content (AvgIpc) is 2.66. The zero-order valence-electron chi connectivity index (χ0n) is 17.6. The quantitative estimate of drug-likeness (QED) is 0.274. The van der Waals surface area contributed by atoms with Crippen LogP contribution >= 0.6 is 24.0 Å². The summed E-state index contributed by atoms with van der Waals surface area (Å²) in [5.74, 6) is 0.906. The Morgan fingerprint density at radius 2 is 1.74 bits per heavy atom. The molecule has 0 aromatic heterocycles. The SMILES string of the molecule is CCNC(=NCC1(CCO)CCCCC1)NCC1(N(C)C)CCOCC1.I. The standard InChI is InChI=1S/C20H40N4O2.HI/c1-4-21-18(22-16-19(10-13-25)8-6-5-7-9-19)23-17-20(24(2)3)11-14-26-15-12-20;/h25H,4-17H2,1-3H3,(H2,21,22,23);1H. The maximum absolute atomic E-state index is 9.52. The third kappa shape index (κ3) is 7.33. The van der Waals surface area contributed by atoms with Gasteiger partial charge in [-0.05, 0) is 58.5 Å². The van der Waals surface area contributed by atoms with Crippen LogP contribution in [0.5, 0.6) is 0 Å². The highest BCUT2D eigenvalue weighted by Gasteiger charge is 2.35. The lowest BCUT2D eigenvalue weighted by molar-refractivity contribution is -0.00502. The monoisotopic (exact) mass is 496 g/mol. The number of aliphatic hydroxyl groups is 1. The molecule has 0 unspecified atom stereocenters.